The van der Waals surface area contributed by atoms with Crippen LogP contribution >= 0.6 is 0 Å². The second-order valence-electron chi connectivity index (χ2n) is 15.3. The van der Waals surface area contributed by atoms with Crippen LogP contribution in [0.15, 0.2) is 243 Å². The molecular formula is C58H40N2. The minimum Gasteiger partial charge on any atom is -0.310 e. The van der Waals surface area contributed by atoms with E-state index in [0.29, 0.717) is 0 Å². The Hall–Kier alpha value is -7.94. The molecule has 0 radical (unpaired) electrons. The van der Waals surface area contributed by atoms with Gasteiger partial charge < -0.3 is 9.47 Å². The van der Waals surface area contributed by atoms with E-state index in [1.54, 1.807) is 0 Å². The fourth-order valence-electron chi connectivity index (χ4n) is 8.88. The fraction of sp³-hybridized carbons (Fsp3) is 0. The normalized spacial score (nSPS) is 11.3. The van der Waals surface area contributed by atoms with Crippen LogP contribution in [0.1, 0.15) is 0 Å². The van der Waals surface area contributed by atoms with Crippen molar-refractivity contribution in [2.75, 3.05) is 4.90 Å². The first-order chi connectivity index (χ1) is 29.8. The van der Waals surface area contributed by atoms with Crippen LogP contribution in [0.2, 0.25) is 0 Å². The molecule has 0 atom stereocenters. The molecule has 60 heavy (non-hydrogen) atoms. The number of rotatable bonds is 8. The van der Waals surface area contributed by atoms with E-state index in [9.17, 15) is 0 Å². The molecule has 2 nitrogen and oxygen atoms in total. The van der Waals surface area contributed by atoms with E-state index < -0.39 is 0 Å². The molecule has 0 saturated heterocycles. The van der Waals surface area contributed by atoms with Crippen LogP contribution in [-0.4, -0.2) is 4.57 Å². The van der Waals surface area contributed by atoms with Gasteiger partial charge >= 0.3 is 0 Å². The van der Waals surface area contributed by atoms with Gasteiger partial charge in [-0.3, -0.25) is 0 Å². The third-order valence-corrected chi connectivity index (χ3v) is 11.8. The molecule has 1 aromatic heterocycles. The number of benzene rings is 10. The Labute approximate surface area is 350 Å². The predicted molar refractivity (Wildman–Crippen MR) is 255 cm³/mol. The molecule has 0 amide bonds. The number of fused-ring (bicyclic) bond motifs is 4. The SMILES string of the molecule is c1ccc(-c2ccc(N(c3ccc(-c4ccccc4)cc3)c3ccc(-c4ccc5c(c4)c4ccccc4n5-c4ccc(-c5ccccc5)cc4)c4ccccc34)cc2)cc1. The molecule has 10 aromatic carbocycles. The summed E-state index contributed by atoms with van der Waals surface area (Å²) in [6, 6.07) is 87.8. The van der Waals surface area contributed by atoms with Crippen molar-refractivity contribution in [1.29, 1.82) is 0 Å². The lowest BCUT2D eigenvalue weighted by molar-refractivity contribution is 1.18. The molecule has 0 unspecified atom stereocenters. The Kier molecular flexibility index (Phi) is 8.87. The summed E-state index contributed by atoms with van der Waals surface area (Å²) in [6.45, 7) is 0. The molecule has 0 N–H and O–H groups in total. The van der Waals surface area contributed by atoms with Crippen molar-refractivity contribution in [2.45, 2.75) is 0 Å². The number of hydrogen-bond donors (Lipinski definition) is 0. The Bertz CT molecular complexity index is 3170. The van der Waals surface area contributed by atoms with Gasteiger partial charge in [0.25, 0.3) is 0 Å². The summed E-state index contributed by atoms with van der Waals surface area (Å²) in [5.74, 6) is 0. The van der Waals surface area contributed by atoms with E-state index in [1.807, 2.05) is 0 Å². The molecule has 0 aliphatic heterocycles. The molecule has 282 valence electrons. The van der Waals surface area contributed by atoms with Gasteiger partial charge in [0.05, 0.1) is 16.7 Å². The Balaban J connectivity index is 1.03. The molecule has 0 saturated carbocycles. The highest BCUT2D eigenvalue weighted by atomic mass is 15.1. The maximum absolute atomic E-state index is 2.40. The summed E-state index contributed by atoms with van der Waals surface area (Å²) in [4.78, 5) is 2.40. The highest BCUT2D eigenvalue weighted by Gasteiger charge is 2.19. The van der Waals surface area contributed by atoms with Gasteiger partial charge in [-0.25, -0.2) is 0 Å². The topological polar surface area (TPSA) is 8.17 Å². The van der Waals surface area contributed by atoms with Crippen molar-refractivity contribution in [3.8, 4) is 50.2 Å². The Morgan fingerprint density at radius 1 is 0.267 bits per heavy atom. The van der Waals surface area contributed by atoms with Gasteiger partial charge in [-0.05, 0) is 111 Å². The highest BCUT2D eigenvalue weighted by molar-refractivity contribution is 6.12. The molecular weight excluding hydrogens is 725 g/mol. The molecule has 0 aliphatic carbocycles. The highest BCUT2D eigenvalue weighted by Crippen LogP contribution is 2.44. The first kappa shape index (κ1) is 35.2. The molecule has 11 aromatic rings. The average Bonchev–Trinajstić information content (AvgIpc) is 3.67. The molecule has 11 rings (SSSR count). The summed E-state index contributed by atoms with van der Waals surface area (Å²) in [6.07, 6.45) is 0. The van der Waals surface area contributed by atoms with Crippen molar-refractivity contribution < 1.29 is 0 Å². The first-order valence-corrected chi connectivity index (χ1v) is 20.6. The standard InChI is InChI=1S/C58H40N2/c1-4-14-41(15-5-1)44-24-31-48(32-25-44)59(49-33-26-45(27-34-49)42-16-6-2-7-17-42)57-39-37-51(52-20-10-11-21-53(52)57)47-30-38-58-55(40-47)54-22-12-13-23-56(54)60(58)50-35-28-46(29-36-50)43-18-8-3-9-19-43/h1-40H. The van der Waals surface area contributed by atoms with Crippen molar-refractivity contribution >= 4 is 49.6 Å². The zero-order valence-electron chi connectivity index (χ0n) is 33.0. The van der Waals surface area contributed by atoms with Gasteiger partial charge in [-0.1, -0.05) is 182 Å². The minimum atomic E-state index is 1.10. The lowest BCUT2D eigenvalue weighted by atomic mass is 9.95. The molecule has 0 aliphatic rings. The van der Waals surface area contributed by atoms with Crippen LogP contribution in [0.5, 0.6) is 0 Å². The minimum absolute atomic E-state index is 1.10. The number of nitrogens with zero attached hydrogens (tertiary/aromatic N) is 2. The lowest BCUT2D eigenvalue weighted by Gasteiger charge is -2.28. The van der Waals surface area contributed by atoms with E-state index in [-0.39, 0.29) is 0 Å². The summed E-state index contributed by atoms with van der Waals surface area (Å²) < 4.78 is 2.40. The van der Waals surface area contributed by atoms with Gasteiger partial charge in [0.2, 0.25) is 0 Å². The van der Waals surface area contributed by atoms with Crippen molar-refractivity contribution in [3.05, 3.63) is 243 Å². The van der Waals surface area contributed by atoms with Gasteiger partial charge in [0.1, 0.15) is 0 Å². The second-order valence-corrected chi connectivity index (χ2v) is 15.3. The third kappa shape index (κ3) is 6.32. The summed E-state index contributed by atoms with van der Waals surface area (Å²) >= 11 is 0. The smallest absolute Gasteiger partial charge is 0.0541 e. The molecule has 1 heterocycles. The number of para-hydroxylation sites is 1. The van der Waals surface area contributed by atoms with Crippen LogP contribution < -0.4 is 4.90 Å². The lowest BCUT2D eigenvalue weighted by Crippen LogP contribution is -2.10. The fourth-order valence-corrected chi connectivity index (χ4v) is 8.88. The van der Waals surface area contributed by atoms with Gasteiger partial charge in [-0.15, -0.1) is 0 Å². The van der Waals surface area contributed by atoms with Crippen molar-refractivity contribution in [1.82, 2.24) is 4.57 Å². The molecule has 0 bridgehead atoms. The van der Waals surface area contributed by atoms with Gasteiger partial charge in [0, 0.05) is 33.2 Å². The van der Waals surface area contributed by atoms with Gasteiger partial charge in [-0.2, -0.15) is 0 Å². The summed E-state index contributed by atoms with van der Waals surface area (Å²) in [5.41, 5.74) is 16.5. The third-order valence-electron chi connectivity index (χ3n) is 11.8. The van der Waals surface area contributed by atoms with Gasteiger partial charge in [0.15, 0.2) is 0 Å². The van der Waals surface area contributed by atoms with Crippen molar-refractivity contribution in [2.24, 2.45) is 0 Å². The predicted octanol–water partition coefficient (Wildman–Crippen LogP) is 16.1. The second kappa shape index (κ2) is 15.1. The number of anilines is 3. The van der Waals surface area contributed by atoms with Crippen LogP contribution in [0.25, 0.3) is 82.8 Å². The van der Waals surface area contributed by atoms with E-state index >= 15 is 0 Å². The van der Waals surface area contributed by atoms with Crippen LogP contribution in [0, 0.1) is 0 Å². The van der Waals surface area contributed by atoms with Crippen molar-refractivity contribution in [3.63, 3.8) is 0 Å². The van der Waals surface area contributed by atoms with Crippen LogP contribution in [0.4, 0.5) is 17.1 Å². The monoisotopic (exact) mass is 764 g/mol. The maximum Gasteiger partial charge on any atom is 0.0541 e. The van der Waals surface area contributed by atoms with E-state index in [0.717, 1.165) is 22.7 Å². The molecule has 0 spiro atoms. The van der Waals surface area contributed by atoms with E-state index in [2.05, 4.69) is 252 Å². The molecule has 0 fully saturated rings. The van der Waals surface area contributed by atoms with Crippen LogP contribution in [-0.2, 0) is 0 Å². The average molecular weight is 765 g/mol. The summed E-state index contributed by atoms with van der Waals surface area (Å²) in [5, 5.41) is 4.88. The van der Waals surface area contributed by atoms with Crippen LogP contribution in [0.3, 0.4) is 0 Å². The zero-order chi connectivity index (χ0) is 39.8. The Morgan fingerprint density at radius 2 is 0.683 bits per heavy atom. The summed E-state index contributed by atoms with van der Waals surface area (Å²) in [7, 11) is 0. The zero-order valence-corrected chi connectivity index (χ0v) is 33.0. The van der Waals surface area contributed by atoms with E-state index in [4.69, 9.17) is 0 Å². The van der Waals surface area contributed by atoms with E-state index in [1.165, 1.54) is 77.1 Å². The largest absolute Gasteiger partial charge is 0.310 e. The molecule has 2 heteroatoms. The quantitative estimate of drug-likeness (QED) is 0.150. The number of hydrogen-bond acceptors (Lipinski definition) is 1. The number of aromatic nitrogens is 1. The maximum atomic E-state index is 2.40. The Morgan fingerprint density at radius 3 is 1.23 bits per heavy atom. The first-order valence-electron chi connectivity index (χ1n) is 20.6.